The van der Waals surface area contributed by atoms with E-state index in [-0.39, 0.29) is 0 Å². The van der Waals surface area contributed by atoms with Crippen LogP contribution in [0.3, 0.4) is 0 Å². The Balaban J connectivity index is 2.57. The van der Waals surface area contributed by atoms with Crippen molar-refractivity contribution in [2.24, 2.45) is 0 Å². The molecule has 1 aromatic carbocycles. The van der Waals surface area contributed by atoms with E-state index in [9.17, 15) is 4.79 Å². The average Bonchev–Trinajstić information content (AvgIpc) is 2.25. The number of carboxylic acid groups (broad SMARTS) is 1. The summed E-state index contributed by atoms with van der Waals surface area (Å²) >= 11 is 6.03. The molecule has 4 heteroatoms. The van der Waals surface area contributed by atoms with Crippen molar-refractivity contribution in [2.75, 3.05) is 7.11 Å². The van der Waals surface area contributed by atoms with Crippen LogP contribution < -0.4 is 4.74 Å². The van der Waals surface area contributed by atoms with Crippen LogP contribution in [0.5, 0.6) is 5.75 Å². The molecule has 0 radical (unpaired) electrons. The lowest BCUT2D eigenvalue weighted by Crippen LogP contribution is -1.89. The molecule has 1 N–H and O–H groups in total. The van der Waals surface area contributed by atoms with Crippen molar-refractivity contribution < 1.29 is 14.6 Å². The van der Waals surface area contributed by atoms with Gasteiger partial charge < -0.3 is 9.84 Å². The molecule has 1 rings (SSSR count). The first-order valence-corrected chi connectivity index (χ1v) is 5.23. The van der Waals surface area contributed by atoms with Crippen LogP contribution in [-0.4, -0.2) is 18.2 Å². The SMILES string of the molecule is COc1ccc(CC/C=C/C(=O)O)c(Cl)c1. The van der Waals surface area contributed by atoms with E-state index < -0.39 is 5.97 Å². The molecule has 0 spiro atoms. The van der Waals surface area contributed by atoms with Crippen LogP contribution in [0.1, 0.15) is 12.0 Å². The van der Waals surface area contributed by atoms with Crippen molar-refractivity contribution in [3.05, 3.63) is 40.9 Å². The van der Waals surface area contributed by atoms with E-state index in [1.807, 2.05) is 12.1 Å². The third-order valence-corrected chi connectivity index (χ3v) is 2.45. The molecular formula is C12H13ClO3. The Morgan fingerprint density at radius 3 is 2.88 bits per heavy atom. The summed E-state index contributed by atoms with van der Waals surface area (Å²) in [5.74, 6) is -0.212. The topological polar surface area (TPSA) is 46.5 Å². The number of hydrogen-bond acceptors (Lipinski definition) is 2. The Morgan fingerprint density at radius 1 is 1.56 bits per heavy atom. The molecule has 0 fully saturated rings. The molecule has 0 amide bonds. The van der Waals surface area contributed by atoms with E-state index >= 15 is 0 Å². The number of ether oxygens (including phenoxy) is 1. The summed E-state index contributed by atoms with van der Waals surface area (Å²) in [7, 11) is 1.58. The lowest BCUT2D eigenvalue weighted by molar-refractivity contribution is -0.131. The molecule has 0 saturated carbocycles. The molecule has 0 aromatic heterocycles. The normalized spacial score (nSPS) is 10.6. The third-order valence-electron chi connectivity index (χ3n) is 2.10. The van der Waals surface area contributed by atoms with Gasteiger partial charge in [-0.3, -0.25) is 0 Å². The Bertz CT molecular complexity index is 399. The van der Waals surface area contributed by atoms with E-state index in [4.69, 9.17) is 21.4 Å². The van der Waals surface area contributed by atoms with Gasteiger partial charge in [-0.1, -0.05) is 23.7 Å². The standard InChI is InChI=1S/C12H13ClO3/c1-16-10-7-6-9(11(13)8-10)4-2-3-5-12(14)15/h3,5-8H,2,4H2,1H3,(H,14,15)/b5-3+. The molecule has 0 atom stereocenters. The molecule has 0 aliphatic rings. The van der Waals surface area contributed by atoms with Gasteiger partial charge in [-0.2, -0.15) is 0 Å². The maximum absolute atomic E-state index is 10.2. The Hall–Kier alpha value is -1.48. The molecule has 3 nitrogen and oxygen atoms in total. The van der Waals surface area contributed by atoms with Gasteiger partial charge in [0, 0.05) is 11.1 Å². The van der Waals surface area contributed by atoms with Gasteiger partial charge in [0.25, 0.3) is 0 Å². The molecule has 1 aromatic rings. The minimum atomic E-state index is -0.930. The number of benzene rings is 1. The van der Waals surface area contributed by atoms with Crippen molar-refractivity contribution in [3.63, 3.8) is 0 Å². The van der Waals surface area contributed by atoms with Crippen LogP contribution in [0.4, 0.5) is 0 Å². The zero-order valence-electron chi connectivity index (χ0n) is 8.94. The molecule has 0 heterocycles. The number of aliphatic carboxylic acids is 1. The lowest BCUT2D eigenvalue weighted by Gasteiger charge is -2.04. The molecule has 0 saturated heterocycles. The summed E-state index contributed by atoms with van der Waals surface area (Å²) in [6, 6.07) is 5.47. The fraction of sp³-hybridized carbons (Fsp3) is 0.250. The maximum Gasteiger partial charge on any atom is 0.327 e. The van der Waals surface area contributed by atoms with Gasteiger partial charge in [0.1, 0.15) is 5.75 Å². The number of aryl methyl sites for hydroxylation is 1. The van der Waals surface area contributed by atoms with Crippen LogP contribution in [-0.2, 0) is 11.2 Å². The summed E-state index contributed by atoms with van der Waals surface area (Å²) in [5.41, 5.74) is 0.984. The third kappa shape index (κ3) is 3.95. The molecule has 16 heavy (non-hydrogen) atoms. The fourth-order valence-corrected chi connectivity index (χ4v) is 1.55. The highest BCUT2D eigenvalue weighted by Gasteiger charge is 2.01. The van der Waals surface area contributed by atoms with E-state index in [1.54, 1.807) is 19.3 Å². The van der Waals surface area contributed by atoms with Crippen LogP contribution in [0.2, 0.25) is 5.02 Å². The highest BCUT2D eigenvalue weighted by atomic mass is 35.5. The minimum absolute atomic E-state index is 0.642. The van der Waals surface area contributed by atoms with Crippen LogP contribution in [0, 0.1) is 0 Å². The number of halogens is 1. The van der Waals surface area contributed by atoms with E-state index in [1.165, 1.54) is 0 Å². The number of carboxylic acids is 1. The van der Waals surface area contributed by atoms with Gasteiger partial charge in [0.05, 0.1) is 7.11 Å². The lowest BCUT2D eigenvalue weighted by atomic mass is 10.1. The summed E-state index contributed by atoms with van der Waals surface area (Å²) in [4.78, 5) is 10.2. The Labute approximate surface area is 99.3 Å². The summed E-state index contributed by atoms with van der Waals surface area (Å²) in [6.45, 7) is 0. The molecule has 86 valence electrons. The highest BCUT2D eigenvalue weighted by molar-refractivity contribution is 6.31. The smallest absolute Gasteiger partial charge is 0.327 e. The van der Waals surface area contributed by atoms with Gasteiger partial charge in [-0.25, -0.2) is 4.79 Å². The molecular weight excluding hydrogens is 228 g/mol. The van der Waals surface area contributed by atoms with Crippen LogP contribution in [0.15, 0.2) is 30.4 Å². The summed E-state index contributed by atoms with van der Waals surface area (Å²) in [5, 5.41) is 9.05. The van der Waals surface area contributed by atoms with Crippen LogP contribution >= 0.6 is 11.6 Å². The number of methoxy groups -OCH3 is 1. The molecule has 0 aliphatic carbocycles. The largest absolute Gasteiger partial charge is 0.497 e. The Morgan fingerprint density at radius 2 is 2.31 bits per heavy atom. The van der Waals surface area contributed by atoms with Gasteiger partial charge in [-0.05, 0) is 30.5 Å². The van der Waals surface area contributed by atoms with Gasteiger partial charge >= 0.3 is 5.97 Å². The number of rotatable bonds is 5. The van der Waals surface area contributed by atoms with Crippen LogP contribution in [0.25, 0.3) is 0 Å². The first kappa shape index (κ1) is 12.6. The summed E-state index contributed by atoms with van der Waals surface area (Å²) in [6.07, 6.45) is 4.12. The second-order valence-electron chi connectivity index (χ2n) is 3.24. The van der Waals surface area contributed by atoms with E-state index in [2.05, 4.69) is 0 Å². The predicted molar refractivity (Wildman–Crippen MR) is 63.1 cm³/mol. The average molecular weight is 241 g/mol. The van der Waals surface area contributed by atoms with E-state index in [0.29, 0.717) is 17.9 Å². The predicted octanol–water partition coefficient (Wildman–Crippen LogP) is 2.92. The monoisotopic (exact) mass is 240 g/mol. The quantitative estimate of drug-likeness (QED) is 0.805. The summed E-state index contributed by atoms with van der Waals surface area (Å²) < 4.78 is 5.03. The first-order chi connectivity index (χ1) is 7.63. The highest BCUT2D eigenvalue weighted by Crippen LogP contribution is 2.23. The zero-order chi connectivity index (χ0) is 12.0. The van der Waals surface area contributed by atoms with Crippen molar-refractivity contribution in [3.8, 4) is 5.75 Å². The van der Waals surface area contributed by atoms with Crippen molar-refractivity contribution >= 4 is 17.6 Å². The van der Waals surface area contributed by atoms with Gasteiger partial charge in [-0.15, -0.1) is 0 Å². The molecule has 0 aliphatic heterocycles. The first-order valence-electron chi connectivity index (χ1n) is 4.85. The second kappa shape index (κ2) is 6.18. The van der Waals surface area contributed by atoms with E-state index in [0.717, 1.165) is 17.4 Å². The van der Waals surface area contributed by atoms with Gasteiger partial charge in [0.15, 0.2) is 0 Å². The number of allylic oxidation sites excluding steroid dienone is 1. The fourth-order valence-electron chi connectivity index (χ4n) is 1.28. The number of carbonyl (C=O) groups is 1. The van der Waals surface area contributed by atoms with Crippen molar-refractivity contribution in [1.29, 1.82) is 0 Å². The maximum atomic E-state index is 10.2. The number of hydrogen-bond donors (Lipinski definition) is 1. The molecule has 0 unspecified atom stereocenters. The van der Waals surface area contributed by atoms with Crippen molar-refractivity contribution in [1.82, 2.24) is 0 Å². The Kier molecular flexibility index (Phi) is 4.86. The zero-order valence-corrected chi connectivity index (χ0v) is 9.70. The van der Waals surface area contributed by atoms with Crippen molar-refractivity contribution in [2.45, 2.75) is 12.8 Å². The van der Waals surface area contributed by atoms with Gasteiger partial charge in [0.2, 0.25) is 0 Å². The minimum Gasteiger partial charge on any atom is -0.497 e. The molecule has 0 bridgehead atoms. The second-order valence-corrected chi connectivity index (χ2v) is 3.64.